The molecule has 0 bridgehead atoms. The molecule has 0 aliphatic rings. The van der Waals surface area contributed by atoms with Crippen LogP contribution >= 0.6 is 0 Å². The maximum atomic E-state index is 10.8. The van der Waals surface area contributed by atoms with Crippen molar-refractivity contribution in [1.82, 2.24) is 0 Å². The van der Waals surface area contributed by atoms with Crippen LogP contribution < -0.4 is 4.74 Å². The van der Waals surface area contributed by atoms with Crippen LogP contribution in [-0.2, 0) is 6.42 Å². The molecule has 0 aliphatic carbocycles. The molecule has 1 rings (SSSR count). The number of ether oxygens (including phenoxy) is 1. The highest BCUT2D eigenvalue weighted by molar-refractivity contribution is 5.91. The Kier molecular flexibility index (Phi) is 3.55. The van der Waals surface area contributed by atoms with E-state index in [-0.39, 0.29) is 11.3 Å². The number of benzene rings is 1. The van der Waals surface area contributed by atoms with Gasteiger partial charge in [-0.15, -0.1) is 0 Å². The third kappa shape index (κ3) is 2.40. The highest BCUT2D eigenvalue weighted by atomic mass is 16.5. The van der Waals surface area contributed by atoms with Gasteiger partial charge in [-0.3, -0.25) is 0 Å². The first-order valence-electron chi connectivity index (χ1n) is 4.82. The lowest BCUT2D eigenvalue weighted by Crippen LogP contribution is -2.01. The lowest BCUT2D eigenvalue weighted by Gasteiger charge is -2.09. The van der Waals surface area contributed by atoms with Crippen LogP contribution in [0.2, 0.25) is 0 Å². The number of aryl methyl sites for hydroxylation is 1. The Bertz CT molecular complexity index is 371. The van der Waals surface area contributed by atoms with Gasteiger partial charge in [0.1, 0.15) is 17.1 Å². The lowest BCUT2D eigenvalue weighted by atomic mass is 10.1. The fourth-order valence-electron chi connectivity index (χ4n) is 1.35. The first-order chi connectivity index (χ1) is 7.10. The van der Waals surface area contributed by atoms with Gasteiger partial charge < -0.3 is 14.9 Å². The number of rotatable bonds is 4. The number of hydrogen-bond acceptors (Lipinski definition) is 3. The molecule has 82 valence electrons. The standard InChI is InChI=1S/C11H14O4/c1-3-7-5-8(15-4-2)6-9(10(7)12)11(13)14/h5-6,12H,3-4H2,1-2H3,(H,13,14). The topological polar surface area (TPSA) is 66.8 Å². The first kappa shape index (κ1) is 11.4. The fourth-order valence-corrected chi connectivity index (χ4v) is 1.35. The molecule has 0 unspecified atom stereocenters. The summed E-state index contributed by atoms with van der Waals surface area (Å²) in [6.07, 6.45) is 0.563. The molecule has 0 saturated carbocycles. The molecule has 15 heavy (non-hydrogen) atoms. The SMILES string of the molecule is CCOc1cc(CC)c(O)c(C(=O)O)c1. The number of phenols is 1. The summed E-state index contributed by atoms with van der Waals surface area (Å²) in [4.78, 5) is 10.8. The molecule has 0 aromatic heterocycles. The molecular weight excluding hydrogens is 196 g/mol. The first-order valence-corrected chi connectivity index (χ1v) is 4.82. The summed E-state index contributed by atoms with van der Waals surface area (Å²) in [6.45, 7) is 4.13. The van der Waals surface area contributed by atoms with Crippen molar-refractivity contribution in [3.05, 3.63) is 23.3 Å². The zero-order chi connectivity index (χ0) is 11.4. The van der Waals surface area contributed by atoms with Gasteiger partial charge in [0.25, 0.3) is 0 Å². The predicted octanol–water partition coefficient (Wildman–Crippen LogP) is 2.05. The van der Waals surface area contributed by atoms with Crippen molar-refractivity contribution < 1.29 is 19.7 Å². The Hall–Kier alpha value is -1.71. The summed E-state index contributed by atoms with van der Waals surface area (Å²) in [7, 11) is 0. The van der Waals surface area contributed by atoms with Crippen molar-refractivity contribution in [3.63, 3.8) is 0 Å². The summed E-state index contributed by atoms with van der Waals surface area (Å²) < 4.78 is 5.22. The van der Waals surface area contributed by atoms with Gasteiger partial charge in [-0.1, -0.05) is 6.92 Å². The van der Waals surface area contributed by atoms with Crippen molar-refractivity contribution in [2.45, 2.75) is 20.3 Å². The maximum absolute atomic E-state index is 10.8. The van der Waals surface area contributed by atoms with Crippen molar-refractivity contribution >= 4 is 5.97 Å². The number of hydrogen-bond donors (Lipinski definition) is 2. The molecule has 1 aromatic carbocycles. The van der Waals surface area contributed by atoms with E-state index < -0.39 is 5.97 Å². The summed E-state index contributed by atoms with van der Waals surface area (Å²) in [6, 6.07) is 2.99. The molecule has 0 heterocycles. The van der Waals surface area contributed by atoms with Crippen molar-refractivity contribution in [2.24, 2.45) is 0 Å². The quantitative estimate of drug-likeness (QED) is 0.798. The molecule has 0 radical (unpaired) electrons. The smallest absolute Gasteiger partial charge is 0.339 e. The van der Waals surface area contributed by atoms with Gasteiger partial charge >= 0.3 is 5.97 Å². The van der Waals surface area contributed by atoms with E-state index in [1.54, 1.807) is 6.07 Å². The van der Waals surface area contributed by atoms with E-state index in [1.807, 2.05) is 13.8 Å². The molecular formula is C11H14O4. The Morgan fingerprint density at radius 2 is 2.07 bits per heavy atom. The van der Waals surface area contributed by atoms with Crippen LogP contribution in [0.5, 0.6) is 11.5 Å². The summed E-state index contributed by atoms with van der Waals surface area (Å²) >= 11 is 0. The number of aromatic hydroxyl groups is 1. The summed E-state index contributed by atoms with van der Waals surface area (Å²) in [5.74, 6) is -0.846. The number of carbonyl (C=O) groups is 1. The second kappa shape index (κ2) is 4.68. The molecule has 0 fully saturated rings. The molecule has 0 saturated heterocycles. The fraction of sp³-hybridized carbons (Fsp3) is 0.364. The molecule has 0 aliphatic heterocycles. The average Bonchev–Trinajstić information content (AvgIpc) is 2.20. The zero-order valence-electron chi connectivity index (χ0n) is 8.78. The van der Waals surface area contributed by atoms with E-state index in [2.05, 4.69) is 0 Å². The van der Waals surface area contributed by atoms with E-state index >= 15 is 0 Å². The summed E-state index contributed by atoms with van der Waals surface area (Å²) in [5.41, 5.74) is 0.469. The molecule has 4 nitrogen and oxygen atoms in total. The predicted molar refractivity (Wildman–Crippen MR) is 55.6 cm³/mol. The second-order valence-electron chi connectivity index (χ2n) is 3.07. The van der Waals surface area contributed by atoms with Gasteiger partial charge in [0, 0.05) is 0 Å². The summed E-state index contributed by atoms with van der Waals surface area (Å²) in [5, 5.41) is 18.5. The van der Waals surface area contributed by atoms with Gasteiger partial charge in [-0.05, 0) is 31.0 Å². The minimum atomic E-state index is -1.15. The van der Waals surface area contributed by atoms with E-state index in [0.29, 0.717) is 24.3 Å². The van der Waals surface area contributed by atoms with Crippen LogP contribution in [0.25, 0.3) is 0 Å². The largest absolute Gasteiger partial charge is 0.507 e. The Balaban J connectivity index is 3.25. The third-order valence-electron chi connectivity index (χ3n) is 2.08. The van der Waals surface area contributed by atoms with Gasteiger partial charge in [0.2, 0.25) is 0 Å². The zero-order valence-corrected chi connectivity index (χ0v) is 8.78. The van der Waals surface area contributed by atoms with Crippen LogP contribution in [-0.4, -0.2) is 22.8 Å². The van der Waals surface area contributed by atoms with E-state index in [4.69, 9.17) is 9.84 Å². The normalized spacial score (nSPS) is 10.0. The molecule has 0 spiro atoms. The Morgan fingerprint density at radius 3 is 2.53 bits per heavy atom. The van der Waals surface area contributed by atoms with Crippen molar-refractivity contribution in [2.75, 3.05) is 6.61 Å². The number of carboxylic acid groups (broad SMARTS) is 1. The van der Waals surface area contributed by atoms with Crippen LogP contribution in [0.15, 0.2) is 12.1 Å². The molecule has 0 amide bonds. The van der Waals surface area contributed by atoms with E-state index in [9.17, 15) is 9.90 Å². The van der Waals surface area contributed by atoms with Crippen molar-refractivity contribution in [3.8, 4) is 11.5 Å². The second-order valence-corrected chi connectivity index (χ2v) is 3.07. The minimum Gasteiger partial charge on any atom is -0.507 e. The monoisotopic (exact) mass is 210 g/mol. The highest BCUT2D eigenvalue weighted by Gasteiger charge is 2.14. The average molecular weight is 210 g/mol. The highest BCUT2D eigenvalue weighted by Crippen LogP contribution is 2.28. The van der Waals surface area contributed by atoms with Crippen LogP contribution in [0.4, 0.5) is 0 Å². The van der Waals surface area contributed by atoms with E-state index in [1.165, 1.54) is 6.07 Å². The number of aromatic carboxylic acids is 1. The Morgan fingerprint density at radius 1 is 1.40 bits per heavy atom. The van der Waals surface area contributed by atoms with Gasteiger partial charge in [0.15, 0.2) is 0 Å². The third-order valence-corrected chi connectivity index (χ3v) is 2.08. The van der Waals surface area contributed by atoms with Gasteiger partial charge in [-0.25, -0.2) is 4.79 Å². The number of carboxylic acids is 1. The molecule has 4 heteroatoms. The van der Waals surface area contributed by atoms with Crippen LogP contribution in [0.1, 0.15) is 29.8 Å². The van der Waals surface area contributed by atoms with Crippen LogP contribution in [0.3, 0.4) is 0 Å². The molecule has 1 aromatic rings. The van der Waals surface area contributed by atoms with Crippen molar-refractivity contribution in [1.29, 1.82) is 0 Å². The molecule has 0 atom stereocenters. The Labute approximate surface area is 88.1 Å². The molecule has 2 N–H and O–H groups in total. The van der Waals surface area contributed by atoms with Crippen LogP contribution in [0, 0.1) is 0 Å². The maximum Gasteiger partial charge on any atom is 0.339 e. The lowest BCUT2D eigenvalue weighted by molar-refractivity contribution is 0.0693. The van der Waals surface area contributed by atoms with Gasteiger partial charge in [-0.2, -0.15) is 0 Å². The minimum absolute atomic E-state index is 0.113. The van der Waals surface area contributed by atoms with Gasteiger partial charge in [0.05, 0.1) is 6.61 Å². The van der Waals surface area contributed by atoms with E-state index in [0.717, 1.165) is 0 Å².